The summed E-state index contributed by atoms with van der Waals surface area (Å²) in [6.45, 7) is 0.683. The topological polar surface area (TPSA) is 39.1 Å². The Morgan fingerprint density at radius 2 is 2.00 bits per heavy atom. The molecule has 2 aromatic carbocycles. The number of anilines is 1. The molecule has 0 atom stereocenters. The van der Waals surface area contributed by atoms with Crippen LogP contribution in [0.4, 0.5) is 19.0 Å². The van der Waals surface area contributed by atoms with Crippen LogP contribution in [0, 0.1) is 0 Å². The molecule has 0 saturated heterocycles. The van der Waals surface area contributed by atoms with Crippen molar-refractivity contribution < 1.29 is 17.9 Å². The van der Waals surface area contributed by atoms with Crippen molar-refractivity contribution in [3.05, 3.63) is 58.6 Å². The van der Waals surface area contributed by atoms with Crippen LogP contribution >= 0.6 is 11.6 Å². The van der Waals surface area contributed by atoms with Gasteiger partial charge >= 0.3 is 6.18 Å². The van der Waals surface area contributed by atoms with Gasteiger partial charge < -0.3 is 10.1 Å². The summed E-state index contributed by atoms with van der Waals surface area (Å²) >= 11 is 6.14. The maximum atomic E-state index is 13.1. The van der Waals surface area contributed by atoms with Crippen molar-refractivity contribution in [2.75, 3.05) is 19.0 Å². The third-order valence-electron chi connectivity index (χ3n) is 4.49. The summed E-state index contributed by atoms with van der Waals surface area (Å²) in [5.74, 6) is 1.29. The van der Waals surface area contributed by atoms with E-state index in [1.54, 1.807) is 31.4 Å². The summed E-state index contributed by atoms with van der Waals surface area (Å²) in [4.78, 5) is 0. The first-order chi connectivity index (χ1) is 12.9. The van der Waals surface area contributed by atoms with Crippen molar-refractivity contribution in [3.8, 4) is 22.7 Å². The van der Waals surface area contributed by atoms with Gasteiger partial charge in [-0.3, -0.25) is 0 Å². The van der Waals surface area contributed by atoms with Crippen LogP contribution in [0.1, 0.15) is 11.1 Å². The minimum Gasteiger partial charge on any atom is -0.496 e. The quantitative estimate of drug-likeness (QED) is 0.665. The first-order valence-corrected chi connectivity index (χ1v) is 8.63. The lowest BCUT2D eigenvalue weighted by Gasteiger charge is -2.11. The van der Waals surface area contributed by atoms with E-state index < -0.39 is 11.7 Å². The average Bonchev–Trinajstić information content (AvgIpc) is 3.23. The van der Waals surface area contributed by atoms with Crippen molar-refractivity contribution in [3.63, 3.8) is 0 Å². The summed E-state index contributed by atoms with van der Waals surface area (Å²) < 4.78 is 46.2. The highest BCUT2D eigenvalue weighted by atomic mass is 35.5. The lowest BCUT2D eigenvalue weighted by molar-refractivity contribution is -0.137. The molecular formula is C19H15ClF3N3O. The van der Waals surface area contributed by atoms with E-state index in [1.807, 2.05) is 0 Å². The van der Waals surface area contributed by atoms with Crippen LogP contribution in [-0.4, -0.2) is 23.4 Å². The molecule has 2 heterocycles. The standard InChI is InChI=1S/C19H15ClF3N3O/c1-27-16-6-5-12(20)10-15(16)17-14-7-8-24-18(14)26(25-17)13-4-2-3-11(9-13)19(21,22)23/h2-6,9-10,24H,7-8H2,1H3. The van der Waals surface area contributed by atoms with Crippen LogP contribution in [0.2, 0.25) is 5.02 Å². The molecule has 0 saturated carbocycles. The molecule has 1 aliphatic rings. The van der Waals surface area contributed by atoms with E-state index in [-0.39, 0.29) is 0 Å². The molecule has 0 aliphatic carbocycles. The van der Waals surface area contributed by atoms with E-state index in [1.165, 1.54) is 10.7 Å². The second kappa shape index (κ2) is 6.49. The molecule has 1 aromatic heterocycles. The largest absolute Gasteiger partial charge is 0.496 e. The summed E-state index contributed by atoms with van der Waals surface area (Å²) in [6, 6.07) is 10.3. The molecule has 0 spiro atoms. The van der Waals surface area contributed by atoms with Gasteiger partial charge in [-0.05, 0) is 42.8 Å². The van der Waals surface area contributed by atoms with Gasteiger partial charge in [0.1, 0.15) is 17.3 Å². The highest BCUT2D eigenvalue weighted by Crippen LogP contribution is 2.40. The summed E-state index contributed by atoms with van der Waals surface area (Å²) in [5, 5.41) is 8.33. The predicted molar refractivity (Wildman–Crippen MR) is 97.8 cm³/mol. The Labute approximate surface area is 158 Å². The van der Waals surface area contributed by atoms with Crippen LogP contribution in [0.5, 0.6) is 5.75 Å². The highest BCUT2D eigenvalue weighted by molar-refractivity contribution is 6.31. The van der Waals surface area contributed by atoms with Gasteiger partial charge in [-0.15, -0.1) is 0 Å². The summed E-state index contributed by atoms with van der Waals surface area (Å²) in [6.07, 6.45) is -3.71. The monoisotopic (exact) mass is 393 g/mol. The Bertz CT molecular complexity index is 1010. The van der Waals surface area contributed by atoms with Crippen LogP contribution in [0.25, 0.3) is 16.9 Å². The van der Waals surface area contributed by atoms with Gasteiger partial charge in [-0.2, -0.15) is 18.3 Å². The second-order valence-corrected chi connectivity index (χ2v) is 6.59. The number of aromatic nitrogens is 2. The highest BCUT2D eigenvalue weighted by Gasteiger charge is 2.31. The molecule has 27 heavy (non-hydrogen) atoms. The summed E-state index contributed by atoms with van der Waals surface area (Å²) in [5.41, 5.74) is 1.89. The second-order valence-electron chi connectivity index (χ2n) is 6.16. The molecular weight excluding hydrogens is 379 g/mol. The van der Waals surface area contributed by atoms with Gasteiger partial charge in [0.15, 0.2) is 0 Å². The summed E-state index contributed by atoms with van der Waals surface area (Å²) in [7, 11) is 1.55. The molecule has 1 aliphatic heterocycles. The number of nitrogens with one attached hydrogen (secondary N) is 1. The Morgan fingerprint density at radius 1 is 1.19 bits per heavy atom. The normalized spacial score (nSPS) is 13.4. The smallest absolute Gasteiger partial charge is 0.416 e. The SMILES string of the molecule is COc1ccc(Cl)cc1-c1nn(-c2cccc(C(F)(F)F)c2)c2c1CCN2. The van der Waals surface area contributed by atoms with Crippen molar-refractivity contribution in [2.45, 2.75) is 12.6 Å². The third-order valence-corrected chi connectivity index (χ3v) is 4.72. The molecule has 140 valence electrons. The van der Waals surface area contributed by atoms with Crippen molar-refractivity contribution >= 4 is 17.4 Å². The number of ether oxygens (including phenoxy) is 1. The number of methoxy groups -OCH3 is 1. The predicted octanol–water partition coefficient (Wildman–Crippen LogP) is 5.19. The maximum absolute atomic E-state index is 13.1. The zero-order chi connectivity index (χ0) is 19.2. The zero-order valence-corrected chi connectivity index (χ0v) is 15.0. The lowest BCUT2D eigenvalue weighted by atomic mass is 10.1. The fourth-order valence-electron chi connectivity index (χ4n) is 3.26. The fraction of sp³-hybridized carbons (Fsp3) is 0.211. The Hall–Kier alpha value is -2.67. The lowest BCUT2D eigenvalue weighted by Crippen LogP contribution is -2.08. The first-order valence-electron chi connectivity index (χ1n) is 8.26. The fourth-order valence-corrected chi connectivity index (χ4v) is 3.43. The number of benzene rings is 2. The first kappa shape index (κ1) is 17.7. The van der Waals surface area contributed by atoms with Crippen LogP contribution in [0.3, 0.4) is 0 Å². The van der Waals surface area contributed by atoms with Gasteiger partial charge in [0.25, 0.3) is 0 Å². The molecule has 0 radical (unpaired) electrons. The van der Waals surface area contributed by atoms with Gasteiger partial charge in [0.2, 0.25) is 0 Å². The van der Waals surface area contributed by atoms with Crippen molar-refractivity contribution in [1.82, 2.24) is 9.78 Å². The number of hydrogen-bond acceptors (Lipinski definition) is 3. The van der Waals surface area contributed by atoms with E-state index in [0.717, 1.165) is 17.7 Å². The van der Waals surface area contributed by atoms with Crippen molar-refractivity contribution in [2.24, 2.45) is 0 Å². The number of hydrogen-bond donors (Lipinski definition) is 1. The third kappa shape index (κ3) is 3.12. The van der Waals surface area contributed by atoms with Gasteiger partial charge in [0.05, 0.1) is 18.4 Å². The number of fused-ring (bicyclic) bond motifs is 1. The molecule has 0 bridgehead atoms. The van der Waals surface area contributed by atoms with Gasteiger partial charge in [-0.1, -0.05) is 17.7 Å². The molecule has 0 unspecified atom stereocenters. The minimum atomic E-state index is -4.42. The van der Waals surface area contributed by atoms with E-state index >= 15 is 0 Å². The van der Waals surface area contributed by atoms with E-state index in [9.17, 15) is 13.2 Å². The average molecular weight is 394 g/mol. The molecule has 0 amide bonds. The van der Waals surface area contributed by atoms with Crippen LogP contribution < -0.4 is 10.1 Å². The van der Waals surface area contributed by atoms with Crippen LogP contribution in [-0.2, 0) is 12.6 Å². The molecule has 3 aromatic rings. The Balaban J connectivity index is 1.89. The molecule has 1 N–H and O–H groups in total. The molecule has 4 rings (SSSR count). The van der Waals surface area contributed by atoms with E-state index in [0.29, 0.717) is 46.5 Å². The maximum Gasteiger partial charge on any atom is 0.416 e. The number of halogens is 4. The Morgan fingerprint density at radius 3 is 2.74 bits per heavy atom. The molecule has 8 heteroatoms. The number of nitrogens with zero attached hydrogens (tertiary/aromatic N) is 2. The van der Waals surface area contributed by atoms with Gasteiger partial charge in [-0.25, -0.2) is 4.68 Å². The van der Waals surface area contributed by atoms with Crippen molar-refractivity contribution in [1.29, 1.82) is 0 Å². The van der Waals surface area contributed by atoms with E-state index in [4.69, 9.17) is 16.3 Å². The zero-order valence-electron chi connectivity index (χ0n) is 14.3. The van der Waals surface area contributed by atoms with Gasteiger partial charge in [0, 0.05) is 22.7 Å². The minimum absolute atomic E-state index is 0.336. The van der Waals surface area contributed by atoms with E-state index in [2.05, 4.69) is 10.4 Å². The molecule has 4 nitrogen and oxygen atoms in total. The molecule has 0 fully saturated rings. The number of rotatable bonds is 3. The van der Waals surface area contributed by atoms with Crippen LogP contribution in [0.15, 0.2) is 42.5 Å². The number of alkyl halides is 3. The Kier molecular flexibility index (Phi) is 4.26.